The molecule has 1 fully saturated rings. The topological polar surface area (TPSA) is 90.9 Å². The Morgan fingerprint density at radius 2 is 2.32 bits per heavy atom. The monoisotopic (exact) mass is 436 g/mol. The molecule has 0 aromatic carbocycles. The maximum absolute atomic E-state index is 11.8. The van der Waals surface area contributed by atoms with Gasteiger partial charge in [0.05, 0.1) is 22.1 Å². The van der Waals surface area contributed by atoms with Gasteiger partial charge in [-0.05, 0) is 24.8 Å². The Labute approximate surface area is 171 Å². The van der Waals surface area contributed by atoms with Crippen molar-refractivity contribution in [3.8, 4) is 10.8 Å². The molecular formula is C18H20N4O3S3. The summed E-state index contributed by atoms with van der Waals surface area (Å²) < 4.78 is 31.4. The molecule has 0 saturated carbocycles. The lowest BCUT2D eigenvalue weighted by atomic mass is 10.1. The molecule has 3 aromatic heterocycles. The number of aromatic nitrogens is 4. The van der Waals surface area contributed by atoms with E-state index in [1.54, 1.807) is 17.4 Å². The van der Waals surface area contributed by atoms with Crippen LogP contribution in [-0.2, 0) is 22.1 Å². The van der Waals surface area contributed by atoms with Crippen molar-refractivity contribution in [2.24, 2.45) is 0 Å². The number of sulfone groups is 1. The van der Waals surface area contributed by atoms with E-state index in [2.05, 4.69) is 21.8 Å². The lowest BCUT2D eigenvalue weighted by Gasteiger charge is -2.10. The summed E-state index contributed by atoms with van der Waals surface area (Å²) in [5.74, 6) is 2.98. The highest BCUT2D eigenvalue weighted by Crippen LogP contribution is 2.32. The molecule has 148 valence electrons. The van der Waals surface area contributed by atoms with Crippen LogP contribution < -0.4 is 0 Å². The van der Waals surface area contributed by atoms with Crippen molar-refractivity contribution < 1.29 is 12.8 Å². The molecule has 4 rings (SSSR count). The van der Waals surface area contributed by atoms with Gasteiger partial charge in [-0.1, -0.05) is 23.9 Å². The van der Waals surface area contributed by atoms with Crippen LogP contribution in [0, 0.1) is 6.92 Å². The number of nitrogens with zero attached hydrogens (tertiary/aromatic N) is 4. The number of hydrogen-bond acceptors (Lipinski definition) is 8. The van der Waals surface area contributed by atoms with Crippen molar-refractivity contribution >= 4 is 32.9 Å². The van der Waals surface area contributed by atoms with Gasteiger partial charge in [-0.3, -0.25) is 0 Å². The normalized spacial score (nSPS) is 18.5. The average molecular weight is 437 g/mol. The fourth-order valence-corrected chi connectivity index (χ4v) is 6.55. The predicted octanol–water partition coefficient (Wildman–Crippen LogP) is 3.68. The van der Waals surface area contributed by atoms with Gasteiger partial charge < -0.3 is 8.98 Å². The molecule has 1 saturated heterocycles. The van der Waals surface area contributed by atoms with E-state index in [9.17, 15) is 8.42 Å². The summed E-state index contributed by atoms with van der Waals surface area (Å²) in [6.45, 7) is 6.25. The van der Waals surface area contributed by atoms with Crippen LogP contribution in [0.1, 0.15) is 29.6 Å². The largest absolute Gasteiger partial charge is 0.440 e. The van der Waals surface area contributed by atoms with E-state index in [0.29, 0.717) is 24.6 Å². The number of rotatable bonds is 7. The van der Waals surface area contributed by atoms with Crippen molar-refractivity contribution in [1.29, 1.82) is 0 Å². The summed E-state index contributed by atoms with van der Waals surface area (Å²) in [7, 11) is -2.98. The zero-order valence-electron chi connectivity index (χ0n) is 15.4. The molecule has 3 aromatic rings. The van der Waals surface area contributed by atoms with Crippen LogP contribution in [0.4, 0.5) is 0 Å². The lowest BCUT2D eigenvalue weighted by molar-refractivity contribution is 0.542. The van der Waals surface area contributed by atoms with Crippen LogP contribution in [0.25, 0.3) is 10.8 Å². The molecule has 1 aliphatic rings. The van der Waals surface area contributed by atoms with E-state index in [-0.39, 0.29) is 17.4 Å². The van der Waals surface area contributed by atoms with E-state index in [1.807, 2.05) is 29.0 Å². The smallest absolute Gasteiger partial charge is 0.236 e. The van der Waals surface area contributed by atoms with Gasteiger partial charge in [0.15, 0.2) is 15.0 Å². The first kappa shape index (κ1) is 19.4. The van der Waals surface area contributed by atoms with Crippen molar-refractivity contribution in [1.82, 2.24) is 19.7 Å². The fourth-order valence-electron chi connectivity index (χ4n) is 3.21. The SMILES string of the molecule is C=CCn1c(SCc2nc(-c3cccs3)oc2C)nnc1[C@H]1CCS(=O)(=O)C1. The number of oxazole rings is 1. The Kier molecular flexibility index (Phi) is 5.44. The molecule has 0 unspecified atom stereocenters. The third-order valence-corrected chi connectivity index (χ3v) is 8.22. The number of hydrogen-bond donors (Lipinski definition) is 0. The van der Waals surface area contributed by atoms with Crippen molar-refractivity contribution in [2.45, 2.75) is 36.7 Å². The Morgan fingerprint density at radius 3 is 3.00 bits per heavy atom. The molecule has 0 amide bonds. The van der Waals surface area contributed by atoms with Gasteiger partial charge in [0, 0.05) is 18.2 Å². The summed E-state index contributed by atoms with van der Waals surface area (Å²) in [6.07, 6.45) is 2.37. The summed E-state index contributed by atoms with van der Waals surface area (Å²) >= 11 is 3.11. The number of allylic oxidation sites excluding steroid dienone is 1. The molecule has 0 radical (unpaired) electrons. The van der Waals surface area contributed by atoms with Crippen molar-refractivity contribution in [3.63, 3.8) is 0 Å². The van der Waals surface area contributed by atoms with Gasteiger partial charge in [-0.25, -0.2) is 13.4 Å². The maximum Gasteiger partial charge on any atom is 0.236 e. The second-order valence-electron chi connectivity index (χ2n) is 6.63. The first-order valence-corrected chi connectivity index (χ1v) is 12.5. The van der Waals surface area contributed by atoms with Gasteiger partial charge in [-0.15, -0.1) is 28.1 Å². The van der Waals surface area contributed by atoms with Gasteiger partial charge in [0.1, 0.15) is 11.6 Å². The minimum atomic E-state index is -2.98. The average Bonchev–Trinajstić information content (AvgIpc) is 3.41. The first-order valence-electron chi connectivity index (χ1n) is 8.84. The summed E-state index contributed by atoms with van der Waals surface area (Å²) in [5, 5.41) is 11.3. The van der Waals surface area contributed by atoms with Gasteiger partial charge >= 0.3 is 0 Å². The van der Waals surface area contributed by atoms with Crippen LogP contribution in [0.2, 0.25) is 0 Å². The Morgan fingerprint density at radius 1 is 1.46 bits per heavy atom. The van der Waals surface area contributed by atoms with Crippen LogP contribution in [0.15, 0.2) is 39.7 Å². The maximum atomic E-state index is 11.8. The van der Waals surface area contributed by atoms with Crippen LogP contribution in [-0.4, -0.2) is 39.7 Å². The van der Waals surface area contributed by atoms with Crippen molar-refractivity contribution in [3.05, 3.63) is 47.4 Å². The molecule has 0 N–H and O–H groups in total. The van der Waals surface area contributed by atoms with Gasteiger partial charge in [0.2, 0.25) is 5.89 Å². The summed E-state index contributed by atoms with van der Waals surface area (Å²) in [5.41, 5.74) is 0.867. The molecule has 7 nitrogen and oxygen atoms in total. The van der Waals surface area contributed by atoms with Gasteiger partial charge in [-0.2, -0.15) is 0 Å². The number of aryl methyl sites for hydroxylation is 1. The van der Waals surface area contributed by atoms with E-state index >= 15 is 0 Å². The summed E-state index contributed by atoms with van der Waals surface area (Å²) in [4.78, 5) is 5.61. The molecule has 28 heavy (non-hydrogen) atoms. The minimum Gasteiger partial charge on any atom is -0.440 e. The second-order valence-corrected chi connectivity index (χ2v) is 10.7. The zero-order chi connectivity index (χ0) is 19.7. The van der Waals surface area contributed by atoms with E-state index in [0.717, 1.165) is 27.3 Å². The Hall–Kier alpha value is -1.91. The highest BCUT2D eigenvalue weighted by Gasteiger charge is 2.33. The lowest BCUT2D eigenvalue weighted by Crippen LogP contribution is -2.11. The molecule has 0 bridgehead atoms. The standard InChI is InChI=1S/C18H20N4O3S3/c1-3-7-22-16(13-6-9-28(23,24)11-13)20-21-18(22)27-10-14-12(2)25-17(19-14)15-5-4-8-26-15/h3-5,8,13H,1,6-7,9-11H2,2H3/t13-/m0/s1. The van der Waals surface area contributed by atoms with Gasteiger partial charge in [0.25, 0.3) is 0 Å². The van der Waals surface area contributed by atoms with Crippen LogP contribution >= 0.6 is 23.1 Å². The van der Waals surface area contributed by atoms with Crippen LogP contribution in [0.5, 0.6) is 0 Å². The highest BCUT2D eigenvalue weighted by molar-refractivity contribution is 7.98. The molecule has 4 heterocycles. The van der Waals surface area contributed by atoms with E-state index < -0.39 is 9.84 Å². The molecule has 1 aliphatic heterocycles. The fraction of sp³-hybridized carbons (Fsp3) is 0.389. The molecular weight excluding hydrogens is 416 g/mol. The van der Waals surface area contributed by atoms with Crippen molar-refractivity contribution in [2.75, 3.05) is 11.5 Å². The van der Waals surface area contributed by atoms with Crippen LogP contribution in [0.3, 0.4) is 0 Å². The van der Waals surface area contributed by atoms with E-state index in [1.165, 1.54) is 11.8 Å². The molecule has 1 atom stereocenters. The number of thiophene rings is 1. The Bertz CT molecular complexity index is 1080. The first-order chi connectivity index (χ1) is 13.5. The third-order valence-electron chi connectivity index (χ3n) is 4.62. The predicted molar refractivity (Wildman–Crippen MR) is 110 cm³/mol. The quantitative estimate of drug-likeness (QED) is 0.412. The Balaban J connectivity index is 1.53. The zero-order valence-corrected chi connectivity index (χ0v) is 17.8. The molecule has 10 heteroatoms. The molecule has 0 aliphatic carbocycles. The highest BCUT2D eigenvalue weighted by atomic mass is 32.2. The molecule has 0 spiro atoms. The second kappa shape index (κ2) is 7.84. The minimum absolute atomic E-state index is 0.106. The summed E-state index contributed by atoms with van der Waals surface area (Å²) in [6, 6.07) is 3.95. The van der Waals surface area contributed by atoms with E-state index in [4.69, 9.17) is 4.42 Å². The third kappa shape index (κ3) is 3.94. The number of thioether (sulfide) groups is 1.